The minimum Gasteiger partial charge on any atom is -0.355 e. The van der Waals surface area contributed by atoms with E-state index in [4.69, 9.17) is 11.6 Å². The summed E-state index contributed by atoms with van der Waals surface area (Å²) in [6, 6.07) is 9.44. The van der Waals surface area contributed by atoms with Crippen LogP contribution in [0.4, 0.5) is 0 Å². The number of hydrogen-bond acceptors (Lipinski definition) is 4. The maximum absolute atomic E-state index is 12.9. The molecule has 3 aromatic rings. The summed E-state index contributed by atoms with van der Waals surface area (Å²) < 4.78 is 1.68. The number of aromatic nitrogens is 3. The van der Waals surface area contributed by atoms with Crippen LogP contribution in [0.1, 0.15) is 37.6 Å². The monoisotopic (exact) mass is 432 g/mol. The largest absolute Gasteiger partial charge is 0.355 e. The van der Waals surface area contributed by atoms with Gasteiger partial charge in [-0.15, -0.1) is 0 Å². The molecule has 2 N–H and O–H groups in total. The number of aromatic amines is 1. The number of thioether (sulfide) groups is 1. The van der Waals surface area contributed by atoms with Gasteiger partial charge in [-0.3, -0.25) is 14.2 Å². The SMILES string of the molecule is CC[C@@H](C)n1c(SCC(=O)NCCc2ccc(Cl)cc2)nc2cc(C)[nH]c2c1=O. The van der Waals surface area contributed by atoms with Gasteiger partial charge in [0.2, 0.25) is 5.91 Å². The lowest BCUT2D eigenvalue weighted by atomic mass is 10.1. The van der Waals surface area contributed by atoms with E-state index in [0.29, 0.717) is 27.8 Å². The number of nitrogens with zero attached hydrogens (tertiary/aromatic N) is 2. The fraction of sp³-hybridized carbons (Fsp3) is 0.381. The number of rotatable bonds is 8. The Morgan fingerprint density at radius 1 is 1.34 bits per heavy atom. The molecule has 29 heavy (non-hydrogen) atoms. The molecule has 1 atom stereocenters. The fourth-order valence-corrected chi connectivity index (χ4v) is 4.09. The lowest BCUT2D eigenvalue weighted by molar-refractivity contribution is -0.118. The summed E-state index contributed by atoms with van der Waals surface area (Å²) in [4.78, 5) is 32.9. The highest BCUT2D eigenvalue weighted by atomic mass is 35.5. The lowest BCUT2D eigenvalue weighted by Gasteiger charge is -2.17. The Bertz CT molecular complexity index is 1060. The van der Waals surface area contributed by atoms with Crippen LogP contribution in [-0.4, -0.2) is 32.7 Å². The molecule has 0 saturated heterocycles. The summed E-state index contributed by atoms with van der Waals surface area (Å²) >= 11 is 7.18. The Hall–Kier alpha value is -2.25. The van der Waals surface area contributed by atoms with E-state index in [1.165, 1.54) is 11.8 Å². The van der Waals surface area contributed by atoms with Crippen LogP contribution < -0.4 is 10.9 Å². The van der Waals surface area contributed by atoms with Crippen LogP contribution in [0.5, 0.6) is 0 Å². The van der Waals surface area contributed by atoms with Gasteiger partial charge in [0.15, 0.2) is 5.16 Å². The van der Waals surface area contributed by atoms with Gasteiger partial charge >= 0.3 is 0 Å². The summed E-state index contributed by atoms with van der Waals surface area (Å²) in [5.74, 6) is 0.123. The highest BCUT2D eigenvalue weighted by Gasteiger charge is 2.17. The van der Waals surface area contributed by atoms with Crippen molar-refractivity contribution in [1.29, 1.82) is 0 Å². The number of fused-ring (bicyclic) bond motifs is 1. The first-order valence-corrected chi connectivity index (χ1v) is 11.0. The Morgan fingerprint density at radius 3 is 2.76 bits per heavy atom. The molecular formula is C21H25ClN4O2S. The van der Waals surface area contributed by atoms with E-state index in [-0.39, 0.29) is 23.3 Å². The van der Waals surface area contributed by atoms with Crippen LogP contribution in [0, 0.1) is 6.92 Å². The molecule has 0 aliphatic heterocycles. The average molecular weight is 433 g/mol. The van der Waals surface area contributed by atoms with Crippen molar-refractivity contribution in [3.8, 4) is 0 Å². The Labute approximate surface area is 179 Å². The van der Waals surface area contributed by atoms with E-state index in [9.17, 15) is 9.59 Å². The van der Waals surface area contributed by atoms with Crippen LogP contribution in [0.3, 0.4) is 0 Å². The maximum Gasteiger partial charge on any atom is 0.278 e. The van der Waals surface area contributed by atoms with Crippen molar-refractivity contribution < 1.29 is 4.79 Å². The first kappa shape index (κ1) is 21.5. The second-order valence-corrected chi connectivity index (χ2v) is 8.43. The Balaban J connectivity index is 1.66. The van der Waals surface area contributed by atoms with Gasteiger partial charge in [0.05, 0.1) is 11.3 Å². The molecule has 0 saturated carbocycles. The fourth-order valence-electron chi connectivity index (χ4n) is 3.04. The van der Waals surface area contributed by atoms with Gasteiger partial charge in [-0.05, 0) is 50.5 Å². The van der Waals surface area contributed by atoms with Crippen molar-refractivity contribution in [2.24, 2.45) is 0 Å². The number of nitrogens with one attached hydrogen (secondary N) is 2. The standard InChI is InChI=1S/C21H25ClN4O2S/c1-4-14(3)26-20(28)19-17(11-13(2)24-19)25-21(26)29-12-18(27)23-10-9-15-5-7-16(22)8-6-15/h5-8,11,14,24H,4,9-10,12H2,1-3H3,(H,23,27)/t14-/m1/s1. The van der Waals surface area contributed by atoms with Gasteiger partial charge < -0.3 is 10.3 Å². The van der Waals surface area contributed by atoms with Crippen LogP contribution >= 0.6 is 23.4 Å². The molecule has 0 fully saturated rings. The molecule has 1 amide bonds. The smallest absolute Gasteiger partial charge is 0.278 e. The minimum absolute atomic E-state index is 0.00141. The number of carbonyl (C=O) groups excluding carboxylic acids is 1. The normalized spacial score (nSPS) is 12.3. The second-order valence-electron chi connectivity index (χ2n) is 7.05. The van der Waals surface area contributed by atoms with Crippen molar-refractivity contribution in [2.75, 3.05) is 12.3 Å². The topological polar surface area (TPSA) is 79.8 Å². The first-order chi connectivity index (χ1) is 13.9. The molecule has 3 rings (SSSR count). The molecule has 8 heteroatoms. The number of amides is 1. The van der Waals surface area contributed by atoms with E-state index in [0.717, 1.165) is 24.1 Å². The zero-order valence-electron chi connectivity index (χ0n) is 16.8. The number of aryl methyl sites for hydroxylation is 1. The molecule has 1 aromatic carbocycles. The molecule has 0 aliphatic carbocycles. The van der Waals surface area contributed by atoms with Crippen LogP contribution in [0.25, 0.3) is 11.0 Å². The summed E-state index contributed by atoms with van der Waals surface area (Å²) in [5, 5.41) is 4.19. The van der Waals surface area contributed by atoms with Crippen LogP contribution in [0.15, 0.2) is 40.3 Å². The average Bonchev–Trinajstić information content (AvgIpc) is 3.08. The predicted molar refractivity (Wildman–Crippen MR) is 119 cm³/mol. The first-order valence-electron chi connectivity index (χ1n) is 9.64. The predicted octanol–water partition coefficient (Wildman–Crippen LogP) is 4.11. The van der Waals surface area contributed by atoms with Gasteiger partial charge in [-0.1, -0.05) is 42.4 Å². The molecule has 154 valence electrons. The Kier molecular flexibility index (Phi) is 7.03. The second kappa shape index (κ2) is 9.50. The molecule has 2 aromatic heterocycles. The zero-order chi connectivity index (χ0) is 21.0. The maximum atomic E-state index is 12.9. The van der Waals surface area contributed by atoms with Crippen molar-refractivity contribution >= 4 is 40.3 Å². The van der Waals surface area contributed by atoms with Crippen molar-refractivity contribution in [3.63, 3.8) is 0 Å². The third-order valence-corrected chi connectivity index (χ3v) is 6.00. The summed E-state index contributed by atoms with van der Waals surface area (Å²) in [7, 11) is 0. The Morgan fingerprint density at radius 2 is 2.07 bits per heavy atom. The number of hydrogen-bond donors (Lipinski definition) is 2. The molecule has 0 radical (unpaired) electrons. The minimum atomic E-state index is -0.0944. The van der Waals surface area contributed by atoms with Crippen molar-refractivity contribution in [2.45, 2.75) is 44.8 Å². The molecule has 2 heterocycles. The van der Waals surface area contributed by atoms with Gasteiger partial charge in [0.1, 0.15) is 5.52 Å². The molecule has 0 spiro atoms. The van der Waals surface area contributed by atoms with Gasteiger partial charge in [0.25, 0.3) is 5.56 Å². The molecule has 0 unspecified atom stereocenters. The third-order valence-electron chi connectivity index (χ3n) is 4.80. The number of halogens is 1. The van der Waals surface area contributed by atoms with E-state index >= 15 is 0 Å². The highest BCUT2D eigenvalue weighted by molar-refractivity contribution is 7.99. The molecule has 6 nitrogen and oxygen atoms in total. The van der Waals surface area contributed by atoms with Gasteiger partial charge in [0, 0.05) is 23.3 Å². The van der Waals surface area contributed by atoms with E-state index in [2.05, 4.69) is 15.3 Å². The third kappa shape index (κ3) is 5.22. The molecule has 0 bridgehead atoms. The summed E-state index contributed by atoms with van der Waals surface area (Å²) in [6.07, 6.45) is 1.53. The van der Waals surface area contributed by atoms with Gasteiger partial charge in [-0.2, -0.15) is 0 Å². The van der Waals surface area contributed by atoms with Crippen molar-refractivity contribution in [1.82, 2.24) is 19.9 Å². The lowest BCUT2D eigenvalue weighted by Crippen LogP contribution is -2.29. The molecule has 0 aliphatic rings. The highest BCUT2D eigenvalue weighted by Crippen LogP contribution is 2.22. The van der Waals surface area contributed by atoms with Crippen LogP contribution in [-0.2, 0) is 11.2 Å². The van der Waals surface area contributed by atoms with Crippen LogP contribution in [0.2, 0.25) is 5.02 Å². The van der Waals surface area contributed by atoms with E-state index in [1.807, 2.05) is 51.1 Å². The summed E-state index contributed by atoms with van der Waals surface area (Å²) in [5.41, 5.74) is 3.06. The quantitative estimate of drug-likeness (QED) is 0.414. The zero-order valence-corrected chi connectivity index (χ0v) is 18.4. The number of carbonyl (C=O) groups is 1. The van der Waals surface area contributed by atoms with Crippen molar-refractivity contribution in [3.05, 3.63) is 57.0 Å². The van der Waals surface area contributed by atoms with Gasteiger partial charge in [-0.25, -0.2) is 4.98 Å². The summed E-state index contributed by atoms with van der Waals surface area (Å²) in [6.45, 7) is 6.46. The number of H-pyrrole nitrogens is 1. The van der Waals surface area contributed by atoms with E-state index in [1.54, 1.807) is 4.57 Å². The number of benzene rings is 1. The molecular weight excluding hydrogens is 408 g/mol. The van der Waals surface area contributed by atoms with E-state index < -0.39 is 0 Å².